The third-order valence-electron chi connectivity index (χ3n) is 0.281. The predicted molar refractivity (Wildman–Crippen MR) is 31.1 cm³/mol. The molecule has 0 bridgehead atoms. The van der Waals surface area contributed by atoms with Crippen LogP contribution >= 0.6 is 11.6 Å². The highest BCUT2D eigenvalue weighted by Gasteiger charge is 1.68. The number of hydrogen-bond donors (Lipinski definition) is 0. The van der Waals surface area contributed by atoms with E-state index < -0.39 is 0 Å². The summed E-state index contributed by atoms with van der Waals surface area (Å²) in [6, 6.07) is 0. The fourth-order valence-corrected chi connectivity index (χ4v) is 0.231. The summed E-state index contributed by atoms with van der Waals surface area (Å²) in [4.78, 5) is 0. The van der Waals surface area contributed by atoms with Crippen molar-refractivity contribution >= 4 is 34.7 Å². The molecule has 0 unspecified atom stereocenters. The van der Waals surface area contributed by atoms with Crippen molar-refractivity contribution in [3.8, 4) is 0 Å². The maximum atomic E-state index is 5.18. The Morgan fingerprint density at radius 1 is 1.67 bits per heavy atom. The number of ether oxygens (including phenoxy) is 1. The smallest absolute Gasteiger partial charge is 0.316 e. The van der Waals surface area contributed by atoms with Crippen LogP contribution in [0.3, 0.4) is 0 Å². The van der Waals surface area contributed by atoms with Gasteiger partial charge in [-0.3, -0.25) is 0 Å². The normalized spacial score (nSPS) is 7.00. The SMILES string of the molecule is COCCCl.[MgH2]. The molecule has 0 aromatic rings. The zero-order valence-electron chi connectivity index (χ0n) is 3.20. The Bertz CT molecular complexity index is 18.3. The predicted octanol–water partition coefficient (Wildman–Crippen LogP) is -0.0446. The van der Waals surface area contributed by atoms with Crippen LogP contribution in [0.1, 0.15) is 0 Å². The van der Waals surface area contributed by atoms with Gasteiger partial charge in [0.1, 0.15) is 0 Å². The second kappa shape index (κ2) is 9.39. The van der Waals surface area contributed by atoms with Crippen LogP contribution in [-0.4, -0.2) is 42.6 Å². The second-order valence-corrected chi connectivity index (χ2v) is 1.06. The van der Waals surface area contributed by atoms with Crippen LogP contribution in [0.15, 0.2) is 0 Å². The van der Waals surface area contributed by atoms with Gasteiger partial charge in [-0.2, -0.15) is 0 Å². The third-order valence-corrected chi connectivity index (χ3v) is 0.436. The van der Waals surface area contributed by atoms with Gasteiger partial charge < -0.3 is 4.74 Å². The second-order valence-electron chi connectivity index (χ2n) is 0.682. The molecule has 0 saturated heterocycles. The molecule has 0 saturated carbocycles. The molecule has 0 amide bonds. The van der Waals surface area contributed by atoms with E-state index in [0.29, 0.717) is 12.5 Å². The molecular weight excluding hydrogens is 112 g/mol. The van der Waals surface area contributed by atoms with Crippen LogP contribution in [-0.2, 0) is 4.74 Å². The molecule has 0 aromatic carbocycles. The van der Waals surface area contributed by atoms with Gasteiger partial charge in [0, 0.05) is 13.0 Å². The first-order valence-corrected chi connectivity index (χ1v) is 2.00. The number of hydrogen-bond acceptors (Lipinski definition) is 1. The topological polar surface area (TPSA) is 9.23 Å². The Morgan fingerprint density at radius 3 is 2.17 bits per heavy atom. The summed E-state index contributed by atoms with van der Waals surface area (Å²) < 4.78 is 4.56. The Labute approximate surface area is 59.2 Å². The van der Waals surface area contributed by atoms with Gasteiger partial charge in [0.2, 0.25) is 0 Å². The fraction of sp³-hybridized carbons (Fsp3) is 1.00. The lowest BCUT2D eigenvalue weighted by atomic mass is 10.9. The Balaban J connectivity index is 0. The zero-order valence-corrected chi connectivity index (χ0v) is 3.96. The third kappa shape index (κ3) is 8.89. The molecule has 1 nitrogen and oxygen atoms in total. The Morgan fingerprint density at radius 2 is 2.17 bits per heavy atom. The lowest BCUT2D eigenvalue weighted by molar-refractivity contribution is 0.218. The van der Waals surface area contributed by atoms with Crippen molar-refractivity contribution in [2.75, 3.05) is 19.6 Å². The van der Waals surface area contributed by atoms with Gasteiger partial charge in [-0.05, 0) is 0 Å². The number of alkyl halides is 1. The molecule has 0 radical (unpaired) electrons. The maximum absolute atomic E-state index is 5.18. The number of methoxy groups -OCH3 is 1. The van der Waals surface area contributed by atoms with E-state index in [2.05, 4.69) is 4.74 Å². The van der Waals surface area contributed by atoms with Gasteiger partial charge in [-0.15, -0.1) is 11.6 Å². The molecule has 0 aliphatic rings. The molecule has 6 heavy (non-hydrogen) atoms. The lowest BCUT2D eigenvalue weighted by Crippen LogP contribution is -1.85. The molecule has 0 spiro atoms. The summed E-state index contributed by atoms with van der Waals surface area (Å²) >= 11 is 5.18. The van der Waals surface area contributed by atoms with Gasteiger partial charge in [-0.25, -0.2) is 0 Å². The van der Waals surface area contributed by atoms with E-state index in [0.717, 1.165) is 0 Å². The van der Waals surface area contributed by atoms with E-state index in [4.69, 9.17) is 11.6 Å². The van der Waals surface area contributed by atoms with E-state index in [1.807, 2.05) is 0 Å². The largest absolute Gasteiger partial charge is 0.383 e. The van der Waals surface area contributed by atoms with Crippen molar-refractivity contribution < 1.29 is 4.74 Å². The van der Waals surface area contributed by atoms with Gasteiger partial charge in [0.25, 0.3) is 0 Å². The van der Waals surface area contributed by atoms with E-state index in [-0.39, 0.29) is 23.1 Å². The van der Waals surface area contributed by atoms with Crippen LogP contribution in [0, 0.1) is 0 Å². The van der Waals surface area contributed by atoms with Crippen LogP contribution in [0.2, 0.25) is 0 Å². The van der Waals surface area contributed by atoms with Gasteiger partial charge in [-0.1, -0.05) is 0 Å². The molecule has 0 fully saturated rings. The summed E-state index contributed by atoms with van der Waals surface area (Å²) in [5.74, 6) is 0.594. The first-order valence-electron chi connectivity index (χ1n) is 1.46. The summed E-state index contributed by atoms with van der Waals surface area (Å²) in [5.41, 5.74) is 0. The molecule has 0 aliphatic heterocycles. The van der Waals surface area contributed by atoms with Crippen LogP contribution in [0.25, 0.3) is 0 Å². The van der Waals surface area contributed by atoms with E-state index in [9.17, 15) is 0 Å². The van der Waals surface area contributed by atoms with Crippen LogP contribution in [0.4, 0.5) is 0 Å². The Kier molecular flexibility index (Phi) is 15.8. The molecule has 0 aromatic heterocycles. The molecular formula is C3H9ClMgO. The van der Waals surface area contributed by atoms with E-state index in [1.165, 1.54) is 0 Å². The van der Waals surface area contributed by atoms with Gasteiger partial charge >= 0.3 is 23.1 Å². The molecule has 0 heterocycles. The molecule has 36 valence electrons. The first kappa shape index (κ1) is 10.1. The minimum absolute atomic E-state index is 0. The van der Waals surface area contributed by atoms with Crippen molar-refractivity contribution in [1.82, 2.24) is 0 Å². The number of halogens is 1. The highest BCUT2D eigenvalue weighted by atomic mass is 35.5. The van der Waals surface area contributed by atoms with Crippen LogP contribution < -0.4 is 0 Å². The molecule has 0 aliphatic carbocycles. The van der Waals surface area contributed by atoms with Crippen molar-refractivity contribution in [2.24, 2.45) is 0 Å². The van der Waals surface area contributed by atoms with Crippen molar-refractivity contribution in [2.45, 2.75) is 0 Å². The highest BCUT2D eigenvalue weighted by molar-refractivity contribution is 6.17. The minimum atomic E-state index is 0. The van der Waals surface area contributed by atoms with Crippen molar-refractivity contribution in [3.63, 3.8) is 0 Å². The minimum Gasteiger partial charge on any atom is -0.383 e. The standard InChI is InChI=1S/C3H7ClO.Mg.2H/c1-5-3-2-4;;;/h2-3H2,1H3;;;. The highest BCUT2D eigenvalue weighted by Crippen LogP contribution is 1.70. The average Bonchev–Trinajstić information content (AvgIpc) is 1.41. The molecule has 0 N–H and O–H groups in total. The van der Waals surface area contributed by atoms with Crippen LogP contribution in [0.5, 0.6) is 0 Å². The van der Waals surface area contributed by atoms with Gasteiger partial charge in [0.05, 0.1) is 6.61 Å². The summed E-state index contributed by atoms with van der Waals surface area (Å²) in [6.07, 6.45) is 0. The monoisotopic (exact) mass is 120 g/mol. The maximum Gasteiger partial charge on any atom is 0.316 e. The Hall–Kier alpha value is 1.02. The fourth-order valence-electron chi connectivity index (χ4n) is 0.0772. The lowest BCUT2D eigenvalue weighted by Gasteiger charge is -1.82. The molecule has 0 atom stereocenters. The summed E-state index contributed by atoms with van der Waals surface area (Å²) in [5, 5.41) is 0. The van der Waals surface area contributed by atoms with Crippen molar-refractivity contribution in [3.05, 3.63) is 0 Å². The zero-order chi connectivity index (χ0) is 4.12. The van der Waals surface area contributed by atoms with Gasteiger partial charge in [0.15, 0.2) is 0 Å². The van der Waals surface area contributed by atoms with Crippen molar-refractivity contribution in [1.29, 1.82) is 0 Å². The number of rotatable bonds is 2. The average molecular weight is 121 g/mol. The molecule has 0 rings (SSSR count). The summed E-state index contributed by atoms with van der Waals surface area (Å²) in [6.45, 7) is 0.654. The molecule has 3 heteroatoms. The van der Waals surface area contributed by atoms with E-state index in [1.54, 1.807) is 7.11 Å². The van der Waals surface area contributed by atoms with E-state index >= 15 is 0 Å². The first-order chi connectivity index (χ1) is 2.41. The quantitative estimate of drug-likeness (QED) is 0.367. The summed E-state index contributed by atoms with van der Waals surface area (Å²) in [7, 11) is 1.63.